The van der Waals surface area contributed by atoms with Gasteiger partial charge in [0.15, 0.2) is 16.4 Å². The molecule has 0 atom stereocenters. The van der Waals surface area contributed by atoms with E-state index >= 15 is 0 Å². The molecule has 0 saturated heterocycles. The Kier molecular flexibility index (Phi) is 5.08. The molecule has 0 saturated carbocycles. The summed E-state index contributed by atoms with van der Waals surface area (Å²) < 4.78 is 28.6. The van der Waals surface area contributed by atoms with Gasteiger partial charge in [-0.2, -0.15) is 0 Å². The fourth-order valence-electron chi connectivity index (χ4n) is 3.02. The van der Waals surface area contributed by atoms with Crippen molar-refractivity contribution in [2.45, 2.75) is 25.0 Å². The number of sulfone groups is 1. The maximum Gasteiger partial charge on any atom is 0.262 e. The predicted octanol–water partition coefficient (Wildman–Crippen LogP) is 2.74. The number of nitrogens with one attached hydrogen (secondary N) is 1. The lowest BCUT2D eigenvalue weighted by Crippen LogP contribution is -2.21. The molecule has 6 heteroatoms. The van der Waals surface area contributed by atoms with Gasteiger partial charge in [0.25, 0.3) is 5.91 Å². The van der Waals surface area contributed by atoms with Gasteiger partial charge in [-0.15, -0.1) is 0 Å². The smallest absolute Gasteiger partial charge is 0.262 e. The van der Waals surface area contributed by atoms with Crippen LogP contribution in [0, 0.1) is 0 Å². The summed E-state index contributed by atoms with van der Waals surface area (Å²) in [7, 11) is -3.18. The Morgan fingerprint density at radius 1 is 1.12 bits per heavy atom. The minimum absolute atomic E-state index is 0.116. The first kappa shape index (κ1) is 17.5. The van der Waals surface area contributed by atoms with Crippen molar-refractivity contribution in [3.63, 3.8) is 0 Å². The van der Waals surface area contributed by atoms with Gasteiger partial charge in [0.05, 0.1) is 5.75 Å². The summed E-state index contributed by atoms with van der Waals surface area (Å²) in [5.41, 5.74) is 3.70. The molecule has 5 nitrogen and oxygen atoms in total. The summed E-state index contributed by atoms with van der Waals surface area (Å²) in [6.07, 6.45) is 4.49. The zero-order valence-electron chi connectivity index (χ0n) is 14.1. The molecule has 1 N–H and O–H groups in total. The van der Waals surface area contributed by atoms with Crippen LogP contribution in [0.15, 0.2) is 42.5 Å². The van der Waals surface area contributed by atoms with Gasteiger partial charge in [-0.05, 0) is 54.2 Å². The standard InChI is InChI=1S/C19H21NO4S/c1-25(22,23)13-16-5-2-3-8-18(16)20-19(21)12-24-17-10-9-14-6-4-7-15(14)11-17/h2-3,5,8-11H,4,6-7,12-13H2,1H3,(H,20,21). The number of aryl methyl sites for hydroxylation is 2. The lowest BCUT2D eigenvalue weighted by atomic mass is 10.1. The van der Waals surface area contributed by atoms with Crippen LogP contribution in [-0.2, 0) is 33.2 Å². The summed E-state index contributed by atoms with van der Waals surface area (Å²) in [6, 6.07) is 12.8. The molecule has 0 spiro atoms. The normalized spacial score (nSPS) is 13.3. The highest BCUT2D eigenvalue weighted by atomic mass is 32.2. The van der Waals surface area contributed by atoms with Gasteiger partial charge in [-0.25, -0.2) is 8.42 Å². The Balaban J connectivity index is 1.61. The molecular weight excluding hydrogens is 338 g/mol. The Morgan fingerprint density at radius 3 is 2.68 bits per heavy atom. The first-order valence-electron chi connectivity index (χ1n) is 8.21. The third-order valence-corrected chi connectivity index (χ3v) is 4.98. The Hall–Kier alpha value is -2.34. The number of benzene rings is 2. The van der Waals surface area contributed by atoms with E-state index in [2.05, 4.69) is 11.4 Å². The summed E-state index contributed by atoms with van der Waals surface area (Å²) >= 11 is 0. The van der Waals surface area contributed by atoms with Crippen LogP contribution < -0.4 is 10.1 Å². The molecule has 0 unspecified atom stereocenters. The SMILES string of the molecule is CS(=O)(=O)Cc1ccccc1NC(=O)COc1ccc2c(c1)CCC2. The molecule has 1 aliphatic carbocycles. The van der Waals surface area contributed by atoms with Crippen molar-refractivity contribution < 1.29 is 17.9 Å². The summed E-state index contributed by atoms with van der Waals surface area (Å²) in [5, 5.41) is 2.73. The van der Waals surface area contributed by atoms with Crippen LogP contribution in [0.3, 0.4) is 0 Å². The van der Waals surface area contributed by atoms with E-state index in [1.807, 2.05) is 12.1 Å². The number of carbonyl (C=O) groups excluding carboxylic acids is 1. The summed E-state index contributed by atoms with van der Waals surface area (Å²) in [5.74, 6) is 0.247. The first-order valence-corrected chi connectivity index (χ1v) is 10.3. The third kappa shape index (κ3) is 4.82. The van der Waals surface area contributed by atoms with Crippen molar-refractivity contribution in [3.8, 4) is 5.75 Å². The number of hydrogen-bond acceptors (Lipinski definition) is 4. The van der Waals surface area contributed by atoms with E-state index in [0.717, 1.165) is 19.3 Å². The van der Waals surface area contributed by atoms with E-state index in [1.54, 1.807) is 24.3 Å². The van der Waals surface area contributed by atoms with Crippen molar-refractivity contribution in [1.82, 2.24) is 0 Å². The monoisotopic (exact) mass is 359 g/mol. The maximum atomic E-state index is 12.2. The van der Waals surface area contributed by atoms with Gasteiger partial charge >= 0.3 is 0 Å². The molecule has 2 aromatic carbocycles. The molecular formula is C19H21NO4S. The fraction of sp³-hybridized carbons (Fsp3) is 0.316. The highest BCUT2D eigenvalue weighted by Crippen LogP contribution is 2.26. The Morgan fingerprint density at radius 2 is 1.88 bits per heavy atom. The second kappa shape index (κ2) is 7.27. The van der Waals surface area contributed by atoms with Gasteiger partial charge in [-0.1, -0.05) is 24.3 Å². The van der Waals surface area contributed by atoms with E-state index in [9.17, 15) is 13.2 Å². The quantitative estimate of drug-likeness (QED) is 0.861. The molecule has 0 radical (unpaired) electrons. The molecule has 3 rings (SSSR count). The number of hydrogen-bond donors (Lipinski definition) is 1. The van der Waals surface area contributed by atoms with Crippen molar-refractivity contribution in [3.05, 3.63) is 59.2 Å². The lowest BCUT2D eigenvalue weighted by molar-refractivity contribution is -0.118. The van der Waals surface area contributed by atoms with Crippen LogP contribution in [-0.4, -0.2) is 27.2 Å². The fourth-order valence-corrected chi connectivity index (χ4v) is 3.84. The van der Waals surface area contributed by atoms with Gasteiger partial charge in [0.1, 0.15) is 5.75 Å². The number of carbonyl (C=O) groups is 1. The van der Waals surface area contributed by atoms with Gasteiger partial charge < -0.3 is 10.1 Å². The Bertz CT molecular complexity index is 890. The lowest BCUT2D eigenvalue weighted by Gasteiger charge is -2.12. The molecule has 0 heterocycles. The number of fused-ring (bicyclic) bond motifs is 1. The largest absolute Gasteiger partial charge is 0.484 e. The van der Waals surface area contributed by atoms with E-state index in [4.69, 9.17) is 4.74 Å². The zero-order valence-corrected chi connectivity index (χ0v) is 14.9. The van der Waals surface area contributed by atoms with E-state index in [-0.39, 0.29) is 18.3 Å². The van der Waals surface area contributed by atoms with Crippen LogP contribution in [0.1, 0.15) is 23.1 Å². The van der Waals surface area contributed by atoms with Crippen LogP contribution in [0.4, 0.5) is 5.69 Å². The van der Waals surface area contributed by atoms with E-state index < -0.39 is 9.84 Å². The minimum Gasteiger partial charge on any atom is -0.484 e. The minimum atomic E-state index is -3.18. The van der Waals surface area contributed by atoms with Crippen LogP contribution >= 0.6 is 0 Å². The number of anilines is 1. The van der Waals surface area contributed by atoms with Crippen molar-refractivity contribution in [2.24, 2.45) is 0 Å². The van der Waals surface area contributed by atoms with Gasteiger partial charge in [0.2, 0.25) is 0 Å². The maximum absolute atomic E-state index is 12.2. The molecule has 0 aliphatic heterocycles. The number of rotatable bonds is 6. The highest BCUT2D eigenvalue weighted by Gasteiger charge is 2.13. The number of amides is 1. The zero-order chi connectivity index (χ0) is 17.9. The number of para-hydroxylation sites is 1. The van der Waals surface area contributed by atoms with Crippen LogP contribution in [0.5, 0.6) is 5.75 Å². The third-order valence-electron chi connectivity index (χ3n) is 4.15. The predicted molar refractivity (Wildman–Crippen MR) is 97.6 cm³/mol. The van der Waals surface area contributed by atoms with Crippen molar-refractivity contribution in [1.29, 1.82) is 0 Å². The molecule has 132 valence electrons. The summed E-state index contributed by atoms with van der Waals surface area (Å²) in [4.78, 5) is 12.2. The highest BCUT2D eigenvalue weighted by molar-refractivity contribution is 7.89. The van der Waals surface area contributed by atoms with Crippen LogP contribution in [0.25, 0.3) is 0 Å². The molecule has 1 amide bonds. The van der Waals surface area contributed by atoms with E-state index in [1.165, 1.54) is 17.4 Å². The van der Waals surface area contributed by atoms with Gasteiger partial charge in [-0.3, -0.25) is 4.79 Å². The second-order valence-electron chi connectivity index (χ2n) is 6.35. The first-order chi connectivity index (χ1) is 11.9. The molecule has 0 aromatic heterocycles. The van der Waals surface area contributed by atoms with Crippen molar-refractivity contribution >= 4 is 21.4 Å². The molecule has 0 fully saturated rings. The molecule has 25 heavy (non-hydrogen) atoms. The average molecular weight is 359 g/mol. The topological polar surface area (TPSA) is 72.5 Å². The van der Waals surface area contributed by atoms with Gasteiger partial charge in [0, 0.05) is 11.9 Å². The summed E-state index contributed by atoms with van der Waals surface area (Å²) in [6.45, 7) is -0.119. The van der Waals surface area contributed by atoms with Crippen LogP contribution in [0.2, 0.25) is 0 Å². The van der Waals surface area contributed by atoms with Crippen molar-refractivity contribution in [2.75, 3.05) is 18.2 Å². The molecule has 0 bridgehead atoms. The average Bonchev–Trinajstić information content (AvgIpc) is 3.01. The van der Waals surface area contributed by atoms with E-state index in [0.29, 0.717) is 17.0 Å². The molecule has 1 aliphatic rings. The second-order valence-corrected chi connectivity index (χ2v) is 8.49. The Labute approximate surface area is 147 Å². The number of ether oxygens (including phenoxy) is 1. The molecule has 2 aromatic rings.